The molecule has 0 unspecified atom stereocenters. The maximum atomic E-state index is 11.8. The number of benzene rings is 1. The van der Waals surface area contributed by atoms with Crippen LogP contribution in [0, 0.1) is 17.0 Å². The largest absolute Gasteiger partial charge is 0.495 e. The van der Waals surface area contributed by atoms with Gasteiger partial charge < -0.3 is 19.9 Å². The Balaban J connectivity index is 2.02. The van der Waals surface area contributed by atoms with Crippen LogP contribution in [0.5, 0.6) is 5.75 Å². The van der Waals surface area contributed by atoms with E-state index in [2.05, 4.69) is 15.8 Å². The van der Waals surface area contributed by atoms with Crippen molar-refractivity contribution in [1.29, 1.82) is 0 Å². The van der Waals surface area contributed by atoms with Crippen LogP contribution in [0.3, 0.4) is 0 Å². The van der Waals surface area contributed by atoms with Crippen LogP contribution in [-0.4, -0.2) is 29.6 Å². The minimum absolute atomic E-state index is 0.101. The Morgan fingerprint density at radius 1 is 1.45 bits per heavy atom. The van der Waals surface area contributed by atoms with Crippen LogP contribution >= 0.6 is 0 Å². The van der Waals surface area contributed by atoms with Crippen molar-refractivity contribution < 1.29 is 19.0 Å². The number of anilines is 2. The first-order valence-electron chi connectivity index (χ1n) is 6.29. The van der Waals surface area contributed by atoms with Gasteiger partial charge in [0.1, 0.15) is 11.5 Å². The van der Waals surface area contributed by atoms with Gasteiger partial charge in [-0.2, -0.15) is 0 Å². The molecule has 116 valence electrons. The van der Waals surface area contributed by atoms with E-state index in [1.54, 1.807) is 13.0 Å². The molecule has 0 saturated carbocycles. The first-order valence-corrected chi connectivity index (χ1v) is 6.29. The molecule has 0 bridgehead atoms. The molecular weight excluding hydrogens is 292 g/mol. The van der Waals surface area contributed by atoms with Crippen LogP contribution in [0.4, 0.5) is 17.2 Å². The molecule has 1 heterocycles. The summed E-state index contributed by atoms with van der Waals surface area (Å²) in [6.45, 7) is 1.60. The third-order valence-corrected chi connectivity index (χ3v) is 2.73. The molecule has 1 aromatic heterocycles. The molecule has 0 aliphatic heterocycles. The standard InChI is InChI=1S/C13H14N4O5/c1-8-5-12(16-22-8)15-13(18)7-14-10-6-9(17(19)20)3-4-11(10)21-2/h3-6,14H,7H2,1-2H3,(H,15,16,18). The summed E-state index contributed by atoms with van der Waals surface area (Å²) < 4.78 is 9.92. The normalized spacial score (nSPS) is 10.1. The lowest BCUT2D eigenvalue weighted by molar-refractivity contribution is -0.384. The lowest BCUT2D eigenvalue weighted by Crippen LogP contribution is -2.22. The molecule has 0 radical (unpaired) electrons. The smallest absolute Gasteiger partial charge is 0.271 e. The van der Waals surface area contributed by atoms with E-state index in [4.69, 9.17) is 9.26 Å². The highest BCUT2D eigenvalue weighted by molar-refractivity contribution is 5.93. The second-order valence-corrected chi connectivity index (χ2v) is 4.37. The highest BCUT2D eigenvalue weighted by Crippen LogP contribution is 2.28. The zero-order valence-corrected chi connectivity index (χ0v) is 12.0. The van der Waals surface area contributed by atoms with Gasteiger partial charge in [0.25, 0.3) is 5.69 Å². The van der Waals surface area contributed by atoms with Gasteiger partial charge in [-0.3, -0.25) is 14.9 Å². The molecule has 1 aromatic carbocycles. The Morgan fingerprint density at radius 2 is 2.23 bits per heavy atom. The molecule has 0 aliphatic carbocycles. The topological polar surface area (TPSA) is 120 Å². The van der Waals surface area contributed by atoms with Crippen molar-refractivity contribution >= 4 is 23.1 Å². The van der Waals surface area contributed by atoms with E-state index in [1.807, 2.05) is 0 Å². The second kappa shape index (κ2) is 6.57. The number of carbonyl (C=O) groups is 1. The first kappa shape index (κ1) is 15.3. The van der Waals surface area contributed by atoms with Gasteiger partial charge in [0, 0.05) is 18.2 Å². The lowest BCUT2D eigenvalue weighted by Gasteiger charge is -2.10. The summed E-state index contributed by atoms with van der Waals surface area (Å²) in [6.07, 6.45) is 0. The molecule has 1 amide bonds. The van der Waals surface area contributed by atoms with E-state index in [0.717, 1.165) is 0 Å². The summed E-state index contributed by atoms with van der Waals surface area (Å²) in [7, 11) is 1.44. The predicted octanol–water partition coefficient (Wildman–Crippen LogP) is 1.95. The molecule has 2 N–H and O–H groups in total. The first-order chi connectivity index (χ1) is 10.5. The van der Waals surface area contributed by atoms with Gasteiger partial charge in [0.15, 0.2) is 5.82 Å². The predicted molar refractivity (Wildman–Crippen MR) is 78.0 cm³/mol. The molecule has 0 saturated heterocycles. The molecule has 9 nitrogen and oxygen atoms in total. The molecule has 2 rings (SSSR count). The number of carbonyl (C=O) groups excluding carboxylic acids is 1. The molecule has 0 spiro atoms. The van der Waals surface area contributed by atoms with Crippen LogP contribution in [0.15, 0.2) is 28.8 Å². The number of ether oxygens (including phenoxy) is 1. The van der Waals surface area contributed by atoms with Gasteiger partial charge in [-0.15, -0.1) is 0 Å². The van der Waals surface area contributed by atoms with E-state index in [1.165, 1.54) is 25.3 Å². The number of hydrogen-bond acceptors (Lipinski definition) is 7. The fourth-order valence-electron chi connectivity index (χ4n) is 1.74. The van der Waals surface area contributed by atoms with Crippen molar-refractivity contribution in [3.63, 3.8) is 0 Å². The van der Waals surface area contributed by atoms with E-state index in [0.29, 0.717) is 23.0 Å². The number of nitro benzene ring substituents is 1. The molecule has 0 fully saturated rings. The van der Waals surface area contributed by atoms with E-state index in [9.17, 15) is 14.9 Å². The minimum atomic E-state index is -0.525. The Hall–Kier alpha value is -3.10. The van der Waals surface area contributed by atoms with Crippen molar-refractivity contribution in [2.24, 2.45) is 0 Å². The maximum Gasteiger partial charge on any atom is 0.271 e. The van der Waals surface area contributed by atoms with Crippen molar-refractivity contribution in [2.45, 2.75) is 6.92 Å². The fourth-order valence-corrected chi connectivity index (χ4v) is 1.74. The van der Waals surface area contributed by atoms with E-state index in [-0.39, 0.29) is 18.1 Å². The van der Waals surface area contributed by atoms with Crippen LogP contribution in [0.1, 0.15) is 5.76 Å². The van der Waals surface area contributed by atoms with Gasteiger partial charge in [-0.1, -0.05) is 5.16 Å². The minimum Gasteiger partial charge on any atom is -0.495 e. The van der Waals surface area contributed by atoms with Crippen molar-refractivity contribution in [2.75, 3.05) is 24.3 Å². The molecular formula is C13H14N4O5. The molecule has 9 heteroatoms. The van der Waals surface area contributed by atoms with Crippen LogP contribution in [-0.2, 0) is 4.79 Å². The van der Waals surface area contributed by atoms with Crippen LogP contribution < -0.4 is 15.4 Å². The molecule has 22 heavy (non-hydrogen) atoms. The average Bonchev–Trinajstić information content (AvgIpc) is 2.89. The summed E-state index contributed by atoms with van der Waals surface area (Å²) in [5.74, 6) is 0.899. The number of methoxy groups -OCH3 is 1. The highest BCUT2D eigenvalue weighted by Gasteiger charge is 2.13. The van der Waals surface area contributed by atoms with E-state index < -0.39 is 4.92 Å². The monoisotopic (exact) mass is 306 g/mol. The Bertz CT molecular complexity index is 697. The summed E-state index contributed by atoms with van der Waals surface area (Å²) in [4.78, 5) is 22.0. The van der Waals surface area contributed by atoms with Crippen molar-refractivity contribution in [3.8, 4) is 5.75 Å². The number of hydrogen-bond donors (Lipinski definition) is 2. The number of aryl methyl sites for hydroxylation is 1. The van der Waals surface area contributed by atoms with Crippen molar-refractivity contribution in [1.82, 2.24) is 5.16 Å². The van der Waals surface area contributed by atoms with E-state index >= 15 is 0 Å². The van der Waals surface area contributed by atoms with Crippen LogP contribution in [0.2, 0.25) is 0 Å². The molecule has 0 aliphatic rings. The maximum absolute atomic E-state index is 11.8. The number of nitrogens with zero attached hydrogens (tertiary/aromatic N) is 2. The zero-order chi connectivity index (χ0) is 16.1. The number of nitrogens with one attached hydrogen (secondary N) is 2. The number of aromatic nitrogens is 1. The number of non-ortho nitro benzene ring substituents is 1. The lowest BCUT2D eigenvalue weighted by atomic mass is 10.2. The summed E-state index contributed by atoms with van der Waals surface area (Å²) in [5, 5.41) is 19.7. The second-order valence-electron chi connectivity index (χ2n) is 4.37. The molecule has 0 atom stereocenters. The third-order valence-electron chi connectivity index (χ3n) is 2.73. The van der Waals surface area contributed by atoms with Gasteiger partial charge in [-0.25, -0.2) is 0 Å². The van der Waals surface area contributed by atoms with Gasteiger partial charge in [0.2, 0.25) is 5.91 Å². The highest BCUT2D eigenvalue weighted by atomic mass is 16.6. The Labute approximate surface area is 125 Å². The summed E-state index contributed by atoms with van der Waals surface area (Å²) in [5.41, 5.74) is 0.249. The fraction of sp³-hybridized carbons (Fsp3) is 0.231. The Morgan fingerprint density at radius 3 is 2.82 bits per heavy atom. The van der Waals surface area contributed by atoms with Gasteiger partial charge >= 0.3 is 0 Å². The van der Waals surface area contributed by atoms with Crippen molar-refractivity contribution in [3.05, 3.63) is 40.1 Å². The molecule has 2 aromatic rings. The number of rotatable bonds is 6. The number of amides is 1. The third kappa shape index (κ3) is 3.72. The summed E-state index contributed by atoms with van der Waals surface area (Å²) in [6, 6.07) is 5.65. The van der Waals surface area contributed by atoms with Gasteiger partial charge in [0.05, 0.1) is 24.3 Å². The van der Waals surface area contributed by atoms with Gasteiger partial charge in [-0.05, 0) is 13.0 Å². The summed E-state index contributed by atoms with van der Waals surface area (Å²) >= 11 is 0. The quantitative estimate of drug-likeness (QED) is 0.618. The SMILES string of the molecule is COc1ccc([N+](=O)[O-])cc1NCC(=O)Nc1cc(C)on1. The zero-order valence-electron chi connectivity index (χ0n) is 12.0. The average molecular weight is 306 g/mol. The Kier molecular flexibility index (Phi) is 4.57. The van der Waals surface area contributed by atoms with Crippen LogP contribution in [0.25, 0.3) is 0 Å². The number of nitro groups is 1.